The number of nitrogens with zero attached hydrogens (tertiary/aromatic N) is 2. The van der Waals surface area contributed by atoms with E-state index in [1.807, 2.05) is 18.2 Å². The van der Waals surface area contributed by atoms with Crippen LogP contribution in [-0.2, 0) is 5.41 Å². The van der Waals surface area contributed by atoms with E-state index >= 15 is 0 Å². The molecule has 282 valence electrons. The van der Waals surface area contributed by atoms with Crippen molar-refractivity contribution < 1.29 is 0 Å². The normalized spacial score (nSPS) is 13.4. The summed E-state index contributed by atoms with van der Waals surface area (Å²) in [4.78, 5) is 5.15. The minimum atomic E-state index is -0.186. The Morgan fingerprint density at radius 3 is 1.59 bits per heavy atom. The molecule has 0 amide bonds. The summed E-state index contributed by atoms with van der Waals surface area (Å²) in [6, 6.07) is 69.9. The first-order valence-corrected chi connectivity index (χ1v) is 20.4. The van der Waals surface area contributed by atoms with Gasteiger partial charge in [-0.3, -0.25) is 0 Å². The number of hydrogen-bond donors (Lipinski definition) is 0. The molecule has 0 unspecified atom stereocenters. The van der Waals surface area contributed by atoms with Crippen molar-refractivity contribution in [2.24, 2.45) is 4.99 Å². The Labute approximate surface area is 346 Å². The second kappa shape index (κ2) is 14.6. The van der Waals surface area contributed by atoms with Crippen molar-refractivity contribution in [2.75, 3.05) is 0 Å². The SMILES string of the molecule is C=C(N=C(/C=C(\C)c1ccccc1)c1cccc(-c2ccc3c(c2)C(C)(C)c2cc(-c4cccc(-n5c6ccccc6c6ccccc65)c4)ccc2-3)c1)c1ccccc1. The van der Waals surface area contributed by atoms with Gasteiger partial charge in [0.1, 0.15) is 0 Å². The molecule has 1 aliphatic carbocycles. The van der Waals surface area contributed by atoms with E-state index < -0.39 is 0 Å². The second-order valence-corrected chi connectivity index (χ2v) is 16.1. The van der Waals surface area contributed by atoms with Crippen LogP contribution in [-0.4, -0.2) is 10.3 Å². The van der Waals surface area contributed by atoms with Gasteiger partial charge in [0.15, 0.2) is 0 Å². The minimum absolute atomic E-state index is 0.186. The summed E-state index contributed by atoms with van der Waals surface area (Å²) in [7, 11) is 0. The molecule has 0 radical (unpaired) electrons. The Morgan fingerprint density at radius 2 is 0.983 bits per heavy atom. The van der Waals surface area contributed by atoms with Gasteiger partial charge in [-0.25, -0.2) is 4.99 Å². The fraction of sp³-hybridized carbons (Fsp3) is 0.0702. The topological polar surface area (TPSA) is 17.3 Å². The van der Waals surface area contributed by atoms with Crippen LogP contribution in [0.2, 0.25) is 0 Å². The number of aromatic nitrogens is 1. The lowest BCUT2D eigenvalue weighted by atomic mass is 9.80. The monoisotopic (exact) mass is 756 g/mol. The molecule has 2 nitrogen and oxygen atoms in total. The summed E-state index contributed by atoms with van der Waals surface area (Å²) in [6.07, 6.45) is 2.18. The molecule has 1 aliphatic rings. The number of aliphatic imine (C=N–C) groups is 1. The molecule has 1 aromatic heterocycles. The van der Waals surface area contributed by atoms with Crippen molar-refractivity contribution in [3.8, 4) is 39.1 Å². The quantitative estimate of drug-likeness (QED) is 0.137. The van der Waals surface area contributed by atoms with Gasteiger partial charge in [-0.15, -0.1) is 0 Å². The Hall–Kier alpha value is -7.29. The first-order valence-electron chi connectivity index (χ1n) is 20.4. The van der Waals surface area contributed by atoms with Gasteiger partial charge in [0.2, 0.25) is 0 Å². The highest BCUT2D eigenvalue weighted by atomic mass is 15.0. The number of benzene rings is 8. The van der Waals surface area contributed by atoms with Gasteiger partial charge in [-0.05, 0) is 117 Å². The molecule has 0 aliphatic heterocycles. The zero-order chi connectivity index (χ0) is 40.1. The third-order valence-electron chi connectivity index (χ3n) is 12.1. The molecule has 59 heavy (non-hydrogen) atoms. The van der Waals surface area contributed by atoms with Crippen LogP contribution in [0.25, 0.3) is 72.1 Å². The Morgan fingerprint density at radius 1 is 0.492 bits per heavy atom. The average Bonchev–Trinajstić information content (AvgIpc) is 3.74. The molecule has 0 N–H and O–H groups in total. The smallest absolute Gasteiger partial charge is 0.0712 e. The van der Waals surface area contributed by atoms with Crippen LogP contribution in [0.1, 0.15) is 48.6 Å². The van der Waals surface area contributed by atoms with E-state index in [4.69, 9.17) is 4.99 Å². The summed E-state index contributed by atoms with van der Waals surface area (Å²) in [6.45, 7) is 11.3. The van der Waals surface area contributed by atoms with E-state index in [0.717, 1.165) is 39.4 Å². The van der Waals surface area contributed by atoms with Gasteiger partial charge >= 0.3 is 0 Å². The van der Waals surface area contributed by atoms with E-state index in [1.54, 1.807) is 0 Å². The number of allylic oxidation sites excluding steroid dienone is 2. The van der Waals surface area contributed by atoms with Crippen molar-refractivity contribution >= 4 is 38.8 Å². The van der Waals surface area contributed by atoms with E-state index in [0.29, 0.717) is 0 Å². The Bertz CT molecular complexity index is 3090. The molecule has 2 heteroatoms. The number of fused-ring (bicyclic) bond motifs is 6. The van der Waals surface area contributed by atoms with Crippen molar-refractivity contribution in [2.45, 2.75) is 26.2 Å². The van der Waals surface area contributed by atoms with Crippen LogP contribution in [0.15, 0.2) is 212 Å². The largest absolute Gasteiger partial charge is 0.309 e. The van der Waals surface area contributed by atoms with E-state index in [1.165, 1.54) is 66.3 Å². The van der Waals surface area contributed by atoms with Crippen LogP contribution in [0.4, 0.5) is 0 Å². The summed E-state index contributed by atoms with van der Waals surface area (Å²) in [5.41, 5.74) is 19.5. The molecule has 10 rings (SSSR count). The first kappa shape index (κ1) is 36.1. The van der Waals surface area contributed by atoms with Crippen LogP contribution in [0.3, 0.4) is 0 Å². The van der Waals surface area contributed by atoms with Crippen LogP contribution in [0, 0.1) is 0 Å². The molecule has 0 bridgehead atoms. The predicted octanol–water partition coefficient (Wildman–Crippen LogP) is 15.0. The van der Waals surface area contributed by atoms with E-state index in [-0.39, 0.29) is 5.41 Å². The first-order chi connectivity index (χ1) is 28.8. The lowest BCUT2D eigenvalue weighted by molar-refractivity contribution is 0.661. The third-order valence-corrected chi connectivity index (χ3v) is 12.1. The standard InChI is InChI=1S/C57H44N2/c1-38(40-17-7-5-8-18-40)33-54(58-39(2)41-19-9-6-10-20-41)46-23-15-21-42(34-46)44-29-31-48-49-32-30-45(37-53(49)57(3,4)52(48)36-44)43-22-16-24-47(35-43)59-55-27-13-11-25-50(55)51-26-12-14-28-56(51)59/h5-37H,2H2,1,3-4H3/b38-33+,58-54?. The summed E-state index contributed by atoms with van der Waals surface area (Å²) >= 11 is 0. The summed E-state index contributed by atoms with van der Waals surface area (Å²) < 4.78 is 2.40. The van der Waals surface area contributed by atoms with Crippen LogP contribution < -0.4 is 0 Å². The summed E-state index contributed by atoms with van der Waals surface area (Å²) in [5.74, 6) is 0. The Kier molecular flexibility index (Phi) is 8.91. The van der Waals surface area contributed by atoms with Gasteiger partial charge in [0, 0.05) is 27.4 Å². The molecule has 1 heterocycles. The lowest BCUT2D eigenvalue weighted by Gasteiger charge is -2.23. The molecule has 8 aromatic carbocycles. The molecule has 0 saturated heterocycles. The number of hydrogen-bond acceptors (Lipinski definition) is 1. The highest BCUT2D eigenvalue weighted by molar-refractivity contribution is 6.14. The van der Waals surface area contributed by atoms with Gasteiger partial charge in [-0.1, -0.05) is 172 Å². The van der Waals surface area contributed by atoms with Crippen molar-refractivity contribution in [3.63, 3.8) is 0 Å². The fourth-order valence-corrected chi connectivity index (χ4v) is 8.99. The zero-order valence-corrected chi connectivity index (χ0v) is 33.7. The predicted molar refractivity (Wildman–Crippen MR) is 251 cm³/mol. The Balaban J connectivity index is 1.000. The minimum Gasteiger partial charge on any atom is -0.309 e. The van der Waals surface area contributed by atoms with Crippen molar-refractivity contribution in [1.82, 2.24) is 4.57 Å². The second-order valence-electron chi connectivity index (χ2n) is 16.1. The van der Waals surface area contributed by atoms with Gasteiger partial charge < -0.3 is 4.57 Å². The zero-order valence-electron chi connectivity index (χ0n) is 33.7. The lowest BCUT2D eigenvalue weighted by Crippen LogP contribution is -2.15. The van der Waals surface area contributed by atoms with Crippen LogP contribution in [0.5, 0.6) is 0 Å². The molecule has 0 spiro atoms. The molecular formula is C57H44N2. The maximum absolute atomic E-state index is 5.15. The molecular weight excluding hydrogens is 713 g/mol. The maximum Gasteiger partial charge on any atom is 0.0712 e. The molecule has 0 fully saturated rings. The van der Waals surface area contributed by atoms with Crippen molar-refractivity contribution in [3.05, 3.63) is 235 Å². The van der Waals surface area contributed by atoms with Gasteiger partial charge in [0.25, 0.3) is 0 Å². The molecule has 9 aromatic rings. The highest BCUT2D eigenvalue weighted by Gasteiger charge is 2.36. The van der Waals surface area contributed by atoms with E-state index in [2.05, 4.69) is 214 Å². The summed E-state index contributed by atoms with van der Waals surface area (Å²) in [5, 5.41) is 2.54. The van der Waals surface area contributed by atoms with Crippen LogP contribution >= 0.6 is 0 Å². The van der Waals surface area contributed by atoms with E-state index in [9.17, 15) is 0 Å². The highest BCUT2D eigenvalue weighted by Crippen LogP contribution is 2.51. The average molecular weight is 757 g/mol. The third kappa shape index (κ3) is 6.44. The van der Waals surface area contributed by atoms with Crippen molar-refractivity contribution in [1.29, 1.82) is 0 Å². The number of para-hydroxylation sites is 2. The van der Waals surface area contributed by atoms with Gasteiger partial charge in [0.05, 0.1) is 22.4 Å². The van der Waals surface area contributed by atoms with Gasteiger partial charge in [-0.2, -0.15) is 0 Å². The maximum atomic E-state index is 5.15. The fourth-order valence-electron chi connectivity index (χ4n) is 8.99. The molecule has 0 saturated carbocycles. The number of rotatable bonds is 8. The molecule has 0 atom stereocenters.